The van der Waals surface area contributed by atoms with Gasteiger partial charge in [-0.05, 0) is 79.8 Å². The van der Waals surface area contributed by atoms with E-state index in [2.05, 4.69) is 16.0 Å². The predicted molar refractivity (Wildman–Crippen MR) is 194 cm³/mol. The average molecular weight is 687 g/mol. The molecule has 0 aliphatic carbocycles. The van der Waals surface area contributed by atoms with Gasteiger partial charge in [0.2, 0.25) is 10.0 Å². The highest BCUT2D eigenvalue weighted by Crippen LogP contribution is 2.24. The molecule has 4 aromatic carbocycles. The highest BCUT2D eigenvalue weighted by atomic mass is 32.2. The monoisotopic (exact) mass is 686 g/mol. The van der Waals surface area contributed by atoms with Crippen LogP contribution in [0.4, 0.5) is 5.69 Å². The molecule has 4 atom stereocenters. The molecule has 260 valence electrons. The van der Waals surface area contributed by atoms with Crippen LogP contribution in [0.1, 0.15) is 68.9 Å². The summed E-state index contributed by atoms with van der Waals surface area (Å²) in [7, 11) is -0.751. The van der Waals surface area contributed by atoms with Gasteiger partial charge in [0.15, 0.2) is 0 Å². The molecule has 0 bridgehead atoms. The van der Waals surface area contributed by atoms with Crippen LogP contribution in [-0.4, -0.2) is 64.4 Å². The molecule has 49 heavy (non-hydrogen) atoms. The van der Waals surface area contributed by atoms with Gasteiger partial charge in [-0.1, -0.05) is 66.7 Å². The second-order valence-corrected chi connectivity index (χ2v) is 14.3. The van der Waals surface area contributed by atoms with Gasteiger partial charge in [0.25, 0.3) is 11.8 Å². The Balaban J connectivity index is 1.60. The van der Waals surface area contributed by atoms with Crippen LogP contribution in [0.5, 0.6) is 5.75 Å². The maximum absolute atomic E-state index is 13.9. The van der Waals surface area contributed by atoms with Crippen LogP contribution in [0.15, 0.2) is 97.1 Å². The maximum Gasteiger partial charge on any atom is 0.251 e. The second-order valence-electron chi connectivity index (χ2n) is 12.3. The van der Waals surface area contributed by atoms with Gasteiger partial charge < -0.3 is 25.8 Å². The fraction of sp³-hybridized carbons (Fsp3) is 0.316. The molecule has 11 heteroatoms. The molecule has 0 radical (unpaired) electrons. The number of benzene rings is 4. The number of amides is 2. The molecule has 4 N–H and O–H groups in total. The van der Waals surface area contributed by atoms with E-state index in [1.54, 1.807) is 7.11 Å². The quantitative estimate of drug-likeness (QED) is 0.139. The molecule has 4 aromatic rings. The molecular weight excluding hydrogens is 641 g/mol. The van der Waals surface area contributed by atoms with Crippen LogP contribution in [0.2, 0.25) is 0 Å². The smallest absolute Gasteiger partial charge is 0.251 e. The lowest BCUT2D eigenvalue weighted by molar-refractivity contribution is 0.0825. The predicted octanol–water partition coefficient (Wildman–Crippen LogP) is 4.94. The number of methoxy groups -OCH3 is 1. The Morgan fingerprint density at radius 2 is 1.47 bits per heavy atom. The van der Waals surface area contributed by atoms with Crippen molar-refractivity contribution in [2.45, 2.75) is 51.4 Å². The molecule has 2 unspecified atom stereocenters. The number of hydrogen-bond acceptors (Lipinski definition) is 7. The van der Waals surface area contributed by atoms with E-state index < -0.39 is 34.0 Å². The van der Waals surface area contributed by atoms with Crippen molar-refractivity contribution in [2.75, 3.05) is 31.3 Å². The first-order valence-electron chi connectivity index (χ1n) is 16.1. The highest BCUT2D eigenvalue weighted by Gasteiger charge is 2.25. The zero-order valence-corrected chi connectivity index (χ0v) is 29.6. The number of ether oxygens (including phenoxy) is 1. The number of sulfonamides is 1. The zero-order valence-electron chi connectivity index (χ0n) is 28.8. The zero-order chi connectivity index (χ0) is 35.7. The fourth-order valence-electron chi connectivity index (χ4n) is 5.55. The van der Waals surface area contributed by atoms with Gasteiger partial charge in [-0.2, -0.15) is 0 Å². The number of carbonyl (C=O) groups is 2. The van der Waals surface area contributed by atoms with Crippen LogP contribution in [-0.2, 0) is 16.4 Å². The summed E-state index contributed by atoms with van der Waals surface area (Å²) in [6.45, 7) is 5.95. The minimum Gasteiger partial charge on any atom is -0.497 e. The number of aryl methyl sites for hydroxylation is 1. The lowest BCUT2D eigenvalue weighted by Crippen LogP contribution is -2.49. The van der Waals surface area contributed by atoms with E-state index in [1.165, 1.54) is 25.2 Å². The van der Waals surface area contributed by atoms with Crippen LogP contribution < -0.4 is 25.0 Å². The van der Waals surface area contributed by atoms with Crippen molar-refractivity contribution in [1.82, 2.24) is 16.0 Å². The first-order chi connectivity index (χ1) is 23.3. The summed E-state index contributed by atoms with van der Waals surface area (Å²) in [4.78, 5) is 27.5. The molecule has 0 saturated heterocycles. The summed E-state index contributed by atoms with van der Waals surface area (Å²) in [5.41, 5.74) is 4.17. The Hall–Kier alpha value is -4.71. The van der Waals surface area contributed by atoms with Crippen molar-refractivity contribution in [2.24, 2.45) is 0 Å². The molecule has 4 rings (SSSR count). The average Bonchev–Trinajstić information content (AvgIpc) is 3.09. The summed E-state index contributed by atoms with van der Waals surface area (Å²) in [6, 6.07) is 27.9. The summed E-state index contributed by atoms with van der Waals surface area (Å²) in [6.07, 6.45) is 0.371. The molecule has 0 aliphatic heterocycles. The largest absolute Gasteiger partial charge is 0.497 e. The number of aliphatic hydroxyl groups is 1. The molecule has 0 saturated carbocycles. The fourth-order valence-corrected chi connectivity index (χ4v) is 6.04. The van der Waals surface area contributed by atoms with E-state index in [0.29, 0.717) is 6.42 Å². The van der Waals surface area contributed by atoms with Gasteiger partial charge in [-0.3, -0.25) is 13.9 Å². The van der Waals surface area contributed by atoms with E-state index in [9.17, 15) is 23.1 Å². The normalized spacial score (nSPS) is 13.9. The van der Waals surface area contributed by atoms with Crippen molar-refractivity contribution in [3.63, 3.8) is 0 Å². The third kappa shape index (κ3) is 10.1. The van der Waals surface area contributed by atoms with Gasteiger partial charge in [-0.15, -0.1) is 0 Å². The van der Waals surface area contributed by atoms with Crippen molar-refractivity contribution < 1.29 is 27.9 Å². The van der Waals surface area contributed by atoms with E-state index in [-0.39, 0.29) is 35.4 Å². The highest BCUT2D eigenvalue weighted by molar-refractivity contribution is 7.92. The summed E-state index contributed by atoms with van der Waals surface area (Å²) < 4.78 is 31.4. The molecule has 0 aromatic heterocycles. The van der Waals surface area contributed by atoms with E-state index in [1.807, 2.05) is 99.6 Å². The molecule has 0 fully saturated rings. The molecule has 0 heterocycles. The van der Waals surface area contributed by atoms with Crippen LogP contribution in [0.25, 0.3) is 0 Å². The molecule has 0 aliphatic rings. The first kappa shape index (κ1) is 37.1. The minimum absolute atomic E-state index is 0.0738. The van der Waals surface area contributed by atoms with Crippen LogP contribution in [0.3, 0.4) is 0 Å². The number of aliphatic hydroxyl groups excluding tert-OH is 1. The SMILES string of the molecule is COc1cccc(C(C)NC[C@@H](O)[C@H](Cc2ccccc2)NC(=O)c2cc(C(=O)NC(C)c3ccccc3C)cc(N(C)S(C)(=O)=O)c2)c1. The van der Waals surface area contributed by atoms with Gasteiger partial charge in [-0.25, -0.2) is 8.42 Å². The van der Waals surface area contributed by atoms with Gasteiger partial charge in [0, 0.05) is 30.8 Å². The first-order valence-corrected chi connectivity index (χ1v) is 18.0. The van der Waals surface area contributed by atoms with Crippen molar-refractivity contribution >= 4 is 27.5 Å². The lowest BCUT2D eigenvalue weighted by atomic mass is 9.99. The number of rotatable bonds is 15. The maximum atomic E-state index is 13.9. The van der Waals surface area contributed by atoms with Crippen LogP contribution in [0, 0.1) is 6.92 Å². The van der Waals surface area contributed by atoms with Crippen molar-refractivity contribution in [3.8, 4) is 5.75 Å². The standard InChI is InChI=1S/C38H46N4O6S/c1-25-13-10-11-18-34(25)27(3)40-37(44)30-20-31(22-32(21-30)42(4)49(6,46)47)38(45)41-35(19-28-14-8-7-9-15-28)36(43)24-39-26(2)29-16-12-17-33(23-29)48-5/h7-18,20-23,26-27,35-36,39,43H,19,24H2,1-6H3,(H,40,44)(H,41,45)/t26?,27?,35-,36+/m0/s1. The number of anilines is 1. The summed E-state index contributed by atoms with van der Waals surface area (Å²) in [5, 5.41) is 20.7. The Morgan fingerprint density at radius 1 is 0.837 bits per heavy atom. The van der Waals surface area contributed by atoms with E-state index in [0.717, 1.165) is 38.6 Å². The molecular formula is C38H46N4O6S. The number of carbonyl (C=O) groups excluding carboxylic acids is 2. The number of nitrogens with one attached hydrogen (secondary N) is 3. The second kappa shape index (κ2) is 16.6. The Kier molecular flexibility index (Phi) is 12.6. The third-order valence-electron chi connectivity index (χ3n) is 8.61. The van der Waals surface area contributed by atoms with Crippen molar-refractivity contribution in [3.05, 3.63) is 130 Å². The number of hydrogen-bond donors (Lipinski definition) is 4. The molecule has 0 spiro atoms. The number of nitrogens with zero attached hydrogens (tertiary/aromatic N) is 1. The van der Waals surface area contributed by atoms with Gasteiger partial charge in [0.05, 0.1) is 37.2 Å². The van der Waals surface area contributed by atoms with E-state index >= 15 is 0 Å². The molecule has 2 amide bonds. The van der Waals surface area contributed by atoms with Gasteiger partial charge in [0.1, 0.15) is 5.75 Å². The summed E-state index contributed by atoms with van der Waals surface area (Å²) >= 11 is 0. The molecule has 10 nitrogen and oxygen atoms in total. The van der Waals surface area contributed by atoms with E-state index in [4.69, 9.17) is 4.74 Å². The van der Waals surface area contributed by atoms with Gasteiger partial charge >= 0.3 is 0 Å². The Morgan fingerprint density at radius 3 is 2.10 bits per heavy atom. The Bertz CT molecular complexity index is 1850. The topological polar surface area (TPSA) is 137 Å². The van der Waals surface area contributed by atoms with Crippen molar-refractivity contribution in [1.29, 1.82) is 0 Å². The Labute approximate surface area is 289 Å². The van der Waals surface area contributed by atoms with Crippen LogP contribution >= 0.6 is 0 Å². The minimum atomic E-state index is -3.72. The summed E-state index contributed by atoms with van der Waals surface area (Å²) in [5.74, 6) is -0.307. The third-order valence-corrected chi connectivity index (χ3v) is 9.82. The lowest BCUT2D eigenvalue weighted by Gasteiger charge is -2.27.